The molecule has 0 radical (unpaired) electrons. The van der Waals surface area contributed by atoms with Gasteiger partial charge in [0.1, 0.15) is 12.7 Å². The van der Waals surface area contributed by atoms with Gasteiger partial charge < -0.3 is 34.7 Å². The number of nitrogens with zero attached hydrogens (tertiary/aromatic N) is 1. The minimum absolute atomic E-state index is 0.00545. The quantitative estimate of drug-likeness (QED) is 0.195. The van der Waals surface area contributed by atoms with Crippen molar-refractivity contribution in [3.05, 3.63) is 60.2 Å². The molecule has 45 heavy (non-hydrogen) atoms. The SMILES string of the molecule is CCCOCCOCC(=O)Nc1ccc(S(=O)(=O)N(CC(C)C)C[C@@H](O)[C@H](Cc2ccccc2)NC(=O)O[C@H]2CCOC2)cc1. The van der Waals surface area contributed by atoms with Crippen molar-refractivity contribution >= 4 is 27.7 Å². The summed E-state index contributed by atoms with van der Waals surface area (Å²) >= 11 is 0. The predicted octanol–water partition coefficient (Wildman–Crippen LogP) is 3.20. The van der Waals surface area contributed by atoms with E-state index in [0.717, 1.165) is 12.0 Å². The van der Waals surface area contributed by atoms with Crippen LogP contribution in [0.25, 0.3) is 0 Å². The molecular weight excluding hydrogens is 602 g/mol. The summed E-state index contributed by atoms with van der Waals surface area (Å²) < 4.78 is 50.2. The van der Waals surface area contributed by atoms with Gasteiger partial charge in [-0.3, -0.25) is 4.79 Å². The van der Waals surface area contributed by atoms with Crippen molar-refractivity contribution < 1.29 is 42.1 Å². The van der Waals surface area contributed by atoms with E-state index in [4.69, 9.17) is 18.9 Å². The number of anilines is 1. The number of nitrogens with one attached hydrogen (secondary N) is 2. The third-order valence-corrected chi connectivity index (χ3v) is 8.76. The first-order valence-electron chi connectivity index (χ1n) is 15.4. The summed E-state index contributed by atoms with van der Waals surface area (Å²) in [5.41, 5.74) is 1.27. The Hall–Kier alpha value is -3.07. The van der Waals surface area contributed by atoms with Crippen LogP contribution < -0.4 is 10.6 Å². The fraction of sp³-hybridized carbons (Fsp3) is 0.562. The first kappa shape index (κ1) is 36.4. The summed E-state index contributed by atoms with van der Waals surface area (Å²) in [5.74, 6) is -0.424. The van der Waals surface area contributed by atoms with Gasteiger partial charge in [0.05, 0.1) is 43.5 Å². The van der Waals surface area contributed by atoms with Gasteiger partial charge in [0, 0.05) is 31.8 Å². The van der Waals surface area contributed by atoms with Gasteiger partial charge in [0.25, 0.3) is 0 Å². The second-order valence-corrected chi connectivity index (χ2v) is 13.3. The maximum atomic E-state index is 13.8. The number of carbonyl (C=O) groups is 2. The number of alkyl carbamates (subject to hydrolysis) is 1. The van der Waals surface area contributed by atoms with Crippen molar-refractivity contribution in [1.82, 2.24) is 9.62 Å². The largest absolute Gasteiger partial charge is 0.444 e. The Labute approximate surface area is 266 Å². The standard InChI is InChI=1S/C32H47N3O9S/c1-4-15-41-17-18-43-23-31(37)33-26-10-12-28(13-11-26)45(39,40)35(20-24(2)3)21-30(36)29(19-25-8-6-5-7-9-25)34-32(38)44-27-14-16-42-22-27/h5-13,24,27,29-30,36H,4,14-23H2,1-3H3,(H,33,37)(H,34,38)/t27-,29-,30+/m0/s1. The molecule has 1 fully saturated rings. The lowest BCUT2D eigenvalue weighted by molar-refractivity contribution is -0.121. The lowest BCUT2D eigenvalue weighted by atomic mass is 10.0. The summed E-state index contributed by atoms with van der Waals surface area (Å²) in [6.45, 7) is 7.63. The number of aliphatic hydroxyl groups is 1. The highest BCUT2D eigenvalue weighted by molar-refractivity contribution is 7.89. The number of ether oxygens (including phenoxy) is 4. The molecule has 0 bridgehead atoms. The van der Waals surface area contributed by atoms with Crippen molar-refractivity contribution in [1.29, 1.82) is 0 Å². The molecule has 1 heterocycles. The van der Waals surface area contributed by atoms with E-state index < -0.39 is 28.3 Å². The topological polar surface area (TPSA) is 153 Å². The molecule has 0 aromatic heterocycles. The number of amides is 2. The highest BCUT2D eigenvalue weighted by Crippen LogP contribution is 2.21. The summed E-state index contributed by atoms with van der Waals surface area (Å²) in [7, 11) is -4.05. The van der Waals surface area contributed by atoms with Crippen LogP contribution in [0.2, 0.25) is 0 Å². The average Bonchev–Trinajstić information content (AvgIpc) is 3.51. The van der Waals surface area contributed by atoms with Crippen molar-refractivity contribution in [2.24, 2.45) is 5.92 Å². The molecule has 2 amide bonds. The minimum atomic E-state index is -4.05. The zero-order chi connectivity index (χ0) is 32.7. The third-order valence-electron chi connectivity index (χ3n) is 6.92. The van der Waals surface area contributed by atoms with Gasteiger partial charge in [-0.05, 0) is 48.6 Å². The molecule has 12 nitrogen and oxygen atoms in total. The molecule has 1 aliphatic heterocycles. The zero-order valence-corrected chi connectivity index (χ0v) is 27.2. The number of sulfonamides is 1. The number of carbonyl (C=O) groups excluding carboxylic acids is 2. The van der Waals surface area contributed by atoms with E-state index in [-0.39, 0.29) is 48.9 Å². The zero-order valence-electron chi connectivity index (χ0n) is 26.4. The summed E-state index contributed by atoms with van der Waals surface area (Å²) in [6.07, 6.45) is -0.569. The van der Waals surface area contributed by atoms with Gasteiger partial charge in [-0.15, -0.1) is 0 Å². The van der Waals surface area contributed by atoms with Crippen LogP contribution in [0.15, 0.2) is 59.5 Å². The van der Waals surface area contributed by atoms with E-state index in [0.29, 0.717) is 45.1 Å². The lowest BCUT2D eigenvalue weighted by Gasteiger charge is -2.30. The van der Waals surface area contributed by atoms with E-state index in [2.05, 4.69) is 10.6 Å². The van der Waals surface area contributed by atoms with Gasteiger partial charge in [-0.1, -0.05) is 51.1 Å². The predicted molar refractivity (Wildman–Crippen MR) is 169 cm³/mol. The first-order valence-corrected chi connectivity index (χ1v) is 16.8. The molecule has 13 heteroatoms. The first-order chi connectivity index (χ1) is 21.6. The minimum Gasteiger partial charge on any atom is -0.444 e. The monoisotopic (exact) mass is 649 g/mol. The van der Waals surface area contributed by atoms with Crippen LogP contribution in [-0.4, -0.2) is 101 Å². The van der Waals surface area contributed by atoms with Gasteiger partial charge in [0.15, 0.2) is 0 Å². The van der Waals surface area contributed by atoms with Crippen LogP contribution >= 0.6 is 0 Å². The molecule has 3 atom stereocenters. The molecule has 0 unspecified atom stereocenters. The van der Waals surface area contributed by atoms with Gasteiger partial charge in [0.2, 0.25) is 15.9 Å². The van der Waals surface area contributed by atoms with Gasteiger partial charge in [-0.2, -0.15) is 4.31 Å². The average molecular weight is 650 g/mol. The van der Waals surface area contributed by atoms with Crippen molar-refractivity contribution in [3.8, 4) is 0 Å². The van der Waals surface area contributed by atoms with E-state index in [1.165, 1.54) is 28.6 Å². The molecular formula is C32H47N3O9S. The van der Waals surface area contributed by atoms with Crippen molar-refractivity contribution in [2.45, 2.75) is 63.2 Å². The van der Waals surface area contributed by atoms with E-state index in [9.17, 15) is 23.1 Å². The highest BCUT2D eigenvalue weighted by atomic mass is 32.2. The fourth-order valence-corrected chi connectivity index (χ4v) is 6.31. The van der Waals surface area contributed by atoms with Crippen LogP contribution in [0, 0.1) is 5.92 Å². The lowest BCUT2D eigenvalue weighted by Crippen LogP contribution is -2.51. The number of hydrogen-bond acceptors (Lipinski definition) is 9. The molecule has 1 saturated heterocycles. The van der Waals surface area contributed by atoms with E-state index in [1.807, 2.05) is 51.1 Å². The smallest absolute Gasteiger partial charge is 0.407 e. The fourth-order valence-electron chi connectivity index (χ4n) is 4.69. The highest BCUT2D eigenvalue weighted by Gasteiger charge is 2.32. The van der Waals surface area contributed by atoms with Crippen LogP contribution in [0.1, 0.15) is 39.2 Å². The maximum absolute atomic E-state index is 13.8. The Balaban J connectivity index is 1.68. The molecule has 3 N–H and O–H groups in total. The number of aliphatic hydroxyl groups excluding tert-OH is 1. The van der Waals surface area contributed by atoms with Crippen LogP contribution in [0.3, 0.4) is 0 Å². The van der Waals surface area contributed by atoms with Gasteiger partial charge in [-0.25, -0.2) is 13.2 Å². The summed E-state index contributed by atoms with van der Waals surface area (Å²) in [4.78, 5) is 25.0. The molecule has 2 aromatic rings. The normalized spacial score (nSPS) is 16.4. The second-order valence-electron chi connectivity index (χ2n) is 11.4. The molecule has 0 spiro atoms. The second kappa shape index (κ2) is 18.8. The Morgan fingerprint density at radius 2 is 1.73 bits per heavy atom. The molecule has 2 aromatic carbocycles. The van der Waals surface area contributed by atoms with E-state index in [1.54, 1.807) is 0 Å². The Bertz CT molecular complexity index is 1270. The molecule has 250 valence electrons. The molecule has 0 saturated carbocycles. The third kappa shape index (κ3) is 12.7. The summed E-state index contributed by atoms with van der Waals surface area (Å²) in [6, 6.07) is 14.3. The van der Waals surface area contributed by atoms with Crippen molar-refractivity contribution in [3.63, 3.8) is 0 Å². The van der Waals surface area contributed by atoms with Crippen molar-refractivity contribution in [2.75, 3.05) is 58.0 Å². The number of hydrogen-bond donors (Lipinski definition) is 3. The van der Waals surface area contributed by atoms with Crippen LogP contribution in [-0.2, 0) is 40.2 Å². The number of rotatable bonds is 19. The maximum Gasteiger partial charge on any atom is 0.407 e. The summed E-state index contributed by atoms with van der Waals surface area (Å²) in [5, 5.41) is 16.8. The Kier molecular flexibility index (Phi) is 15.2. The Morgan fingerprint density at radius 3 is 2.38 bits per heavy atom. The number of benzene rings is 2. The van der Waals surface area contributed by atoms with Gasteiger partial charge >= 0.3 is 6.09 Å². The van der Waals surface area contributed by atoms with Crippen LogP contribution in [0.5, 0.6) is 0 Å². The van der Waals surface area contributed by atoms with E-state index >= 15 is 0 Å². The Morgan fingerprint density at radius 1 is 1.02 bits per heavy atom. The molecule has 0 aliphatic carbocycles. The molecule has 1 aliphatic rings. The molecule has 3 rings (SSSR count). The van der Waals surface area contributed by atoms with Crippen LogP contribution in [0.4, 0.5) is 10.5 Å².